The first-order chi connectivity index (χ1) is 17.0. The molecule has 2 unspecified atom stereocenters. The topological polar surface area (TPSA) is 142 Å². The molecule has 1 aromatic rings. The zero-order valence-electron chi connectivity index (χ0n) is 25.1. The van der Waals surface area contributed by atoms with E-state index in [1.54, 1.807) is 32.0 Å². The summed E-state index contributed by atoms with van der Waals surface area (Å²) in [5, 5.41) is 25.8. The van der Waals surface area contributed by atoms with E-state index in [2.05, 4.69) is 52.2 Å². The van der Waals surface area contributed by atoms with Crippen molar-refractivity contribution in [3.8, 4) is 5.75 Å². The molecule has 0 fully saturated rings. The second kappa shape index (κ2) is 12.5. The average molecular weight is 534 g/mol. The number of hydrogen-bond acceptors (Lipinski definition) is 5. The predicted octanol–water partition coefficient (Wildman–Crippen LogP) is 4.97. The van der Waals surface area contributed by atoms with Crippen molar-refractivity contribution in [1.29, 1.82) is 0 Å². The average Bonchev–Trinajstić information content (AvgIpc) is 2.71. The molecule has 1 aromatic carbocycles. The molecule has 0 aromatic heterocycles. The van der Waals surface area contributed by atoms with E-state index in [4.69, 9.17) is 5.73 Å². The first-order valence-corrected chi connectivity index (χ1v) is 13.4. The number of aliphatic carboxylic acids is 1. The van der Waals surface area contributed by atoms with Crippen LogP contribution in [0.5, 0.6) is 5.75 Å². The van der Waals surface area contributed by atoms with E-state index in [0.717, 1.165) is 12.0 Å². The van der Waals surface area contributed by atoms with E-state index in [0.29, 0.717) is 18.5 Å². The summed E-state index contributed by atoms with van der Waals surface area (Å²) in [6, 6.07) is 5.08. The number of benzene rings is 1. The maximum atomic E-state index is 13.1. The molecule has 8 nitrogen and oxygen atoms in total. The molecular formula is C30H51N3O5. The number of phenolic OH excluding ortho intramolecular Hbond substituents is 1. The molecule has 0 bridgehead atoms. The summed E-state index contributed by atoms with van der Waals surface area (Å²) >= 11 is 0. The number of nitrogens with two attached hydrogens (primary N) is 1. The van der Waals surface area contributed by atoms with Gasteiger partial charge in [0, 0.05) is 36.5 Å². The van der Waals surface area contributed by atoms with Crippen LogP contribution in [0, 0.1) is 28.1 Å². The minimum atomic E-state index is -0.982. The third-order valence-electron chi connectivity index (χ3n) is 7.03. The molecule has 2 amide bonds. The van der Waals surface area contributed by atoms with Crippen LogP contribution in [0.2, 0.25) is 0 Å². The SMILES string of the molecule is CC(C)(C)CC(C(=O)NCc1ccc(O)c(CNC(=O)CCC(C)(C)C(C(=O)O)C(C)(C)N)c1)C(C)(C)C. The highest BCUT2D eigenvalue weighted by Gasteiger charge is 2.43. The monoisotopic (exact) mass is 533 g/mol. The second-order valence-electron chi connectivity index (χ2n) is 14.2. The fourth-order valence-electron chi connectivity index (χ4n) is 5.13. The number of nitrogens with one attached hydrogen (secondary N) is 2. The van der Waals surface area contributed by atoms with Crippen LogP contribution >= 0.6 is 0 Å². The Labute approximate surface area is 229 Å². The van der Waals surface area contributed by atoms with Gasteiger partial charge < -0.3 is 26.6 Å². The maximum Gasteiger partial charge on any atom is 0.308 e. The van der Waals surface area contributed by atoms with Crippen molar-refractivity contribution < 1.29 is 24.6 Å². The van der Waals surface area contributed by atoms with Gasteiger partial charge >= 0.3 is 5.97 Å². The van der Waals surface area contributed by atoms with Crippen molar-refractivity contribution in [3.05, 3.63) is 29.3 Å². The van der Waals surface area contributed by atoms with Crippen LogP contribution in [-0.4, -0.2) is 33.5 Å². The quantitative estimate of drug-likeness (QED) is 0.257. The third-order valence-corrected chi connectivity index (χ3v) is 7.03. The van der Waals surface area contributed by atoms with Gasteiger partial charge in [-0.15, -0.1) is 0 Å². The van der Waals surface area contributed by atoms with Crippen molar-refractivity contribution in [2.75, 3.05) is 0 Å². The second-order valence-corrected chi connectivity index (χ2v) is 14.2. The highest BCUT2D eigenvalue weighted by atomic mass is 16.4. The number of rotatable bonds is 12. The summed E-state index contributed by atoms with van der Waals surface area (Å²) in [5.41, 5.74) is 5.67. The molecule has 6 N–H and O–H groups in total. The summed E-state index contributed by atoms with van der Waals surface area (Å²) in [4.78, 5) is 37.4. The Morgan fingerprint density at radius 1 is 0.921 bits per heavy atom. The Kier molecular flexibility index (Phi) is 11.0. The Balaban J connectivity index is 2.80. The first-order valence-electron chi connectivity index (χ1n) is 13.4. The molecule has 8 heteroatoms. The number of hydrogen-bond donors (Lipinski definition) is 5. The van der Waals surface area contributed by atoms with E-state index in [1.807, 2.05) is 13.8 Å². The van der Waals surface area contributed by atoms with Gasteiger partial charge in [0.15, 0.2) is 0 Å². The minimum Gasteiger partial charge on any atom is -0.508 e. The maximum absolute atomic E-state index is 13.1. The van der Waals surface area contributed by atoms with Crippen LogP contribution in [0.25, 0.3) is 0 Å². The van der Waals surface area contributed by atoms with Gasteiger partial charge in [-0.25, -0.2) is 0 Å². The molecule has 0 aliphatic carbocycles. The number of amides is 2. The number of phenols is 1. The highest BCUT2D eigenvalue weighted by Crippen LogP contribution is 2.38. The molecule has 0 aliphatic rings. The van der Waals surface area contributed by atoms with Crippen LogP contribution in [0.1, 0.15) is 99.6 Å². The van der Waals surface area contributed by atoms with Crippen LogP contribution in [-0.2, 0) is 27.5 Å². The fourth-order valence-corrected chi connectivity index (χ4v) is 5.13. The normalized spacial score (nSPS) is 14.5. The van der Waals surface area contributed by atoms with Gasteiger partial charge in [-0.3, -0.25) is 14.4 Å². The summed E-state index contributed by atoms with van der Waals surface area (Å²) in [5.74, 6) is -2.14. The van der Waals surface area contributed by atoms with Crippen molar-refractivity contribution in [1.82, 2.24) is 10.6 Å². The zero-order chi connectivity index (χ0) is 29.7. The van der Waals surface area contributed by atoms with E-state index in [-0.39, 0.29) is 47.3 Å². The summed E-state index contributed by atoms with van der Waals surface area (Å²) in [7, 11) is 0. The zero-order valence-corrected chi connectivity index (χ0v) is 25.1. The highest BCUT2D eigenvalue weighted by molar-refractivity contribution is 5.79. The molecule has 0 radical (unpaired) electrons. The molecule has 0 heterocycles. The summed E-state index contributed by atoms with van der Waals surface area (Å²) in [6.07, 6.45) is 1.24. The number of carbonyl (C=O) groups excluding carboxylic acids is 2. The standard InChI is InChI=1S/C30H51N3O5/c1-27(2,3)16-21(28(4,5)6)25(36)33-17-19-11-12-22(34)20(15-19)18-32-23(35)13-14-29(7,8)24(26(37)38)30(9,10)31/h11-12,15,21,24,34H,13-14,16-18,31H2,1-10H3,(H,32,35)(H,33,36)(H,37,38). The minimum absolute atomic E-state index is 0.00158. The third kappa shape index (κ3) is 10.6. The Morgan fingerprint density at radius 2 is 1.50 bits per heavy atom. The Bertz CT molecular complexity index is 981. The first kappa shape index (κ1) is 33.4. The molecule has 2 atom stereocenters. The lowest BCUT2D eigenvalue weighted by atomic mass is 9.67. The molecule has 1 rings (SSSR count). The van der Waals surface area contributed by atoms with E-state index < -0.39 is 22.8 Å². The molecule has 0 aliphatic heterocycles. The molecule has 38 heavy (non-hydrogen) atoms. The molecule has 0 saturated carbocycles. The van der Waals surface area contributed by atoms with Crippen LogP contribution in [0.4, 0.5) is 0 Å². The van der Waals surface area contributed by atoms with Gasteiger partial charge in [0.2, 0.25) is 11.8 Å². The van der Waals surface area contributed by atoms with Gasteiger partial charge in [0.05, 0.1) is 5.92 Å². The smallest absolute Gasteiger partial charge is 0.308 e. The lowest BCUT2D eigenvalue weighted by Gasteiger charge is -2.39. The summed E-state index contributed by atoms with van der Waals surface area (Å²) < 4.78 is 0. The molecule has 216 valence electrons. The van der Waals surface area contributed by atoms with Crippen LogP contribution in [0.3, 0.4) is 0 Å². The van der Waals surface area contributed by atoms with E-state index in [1.165, 1.54) is 0 Å². The van der Waals surface area contributed by atoms with Gasteiger partial charge in [-0.1, -0.05) is 61.5 Å². The summed E-state index contributed by atoms with van der Waals surface area (Å²) in [6.45, 7) is 20.0. The molecular weight excluding hydrogens is 482 g/mol. The van der Waals surface area contributed by atoms with Gasteiger partial charge in [-0.2, -0.15) is 0 Å². The van der Waals surface area contributed by atoms with Gasteiger partial charge in [0.25, 0.3) is 0 Å². The number of carboxylic acids is 1. The van der Waals surface area contributed by atoms with Crippen molar-refractivity contribution in [3.63, 3.8) is 0 Å². The lowest BCUT2D eigenvalue weighted by molar-refractivity contribution is -0.149. The number of carboxylic acid groups (broad SMARTS) is 1. The van der Waals surface area contributed by atoms with Crippen LogP contribution < -0.4 is 16.4 Å². The van der Waals surface area contributed by atoms with Crippen molar-refractivity contribution in [2.45, 2.75) is 107 Å². The fraction of sp³-hybridized carbons (Fsp3) is 0.700. The predicted molar refractivity (Wildman–Crippen MR) is 151 cm³/mol. The lowest BCUT2D eigenvalue weighted by Crippen LogP contribution is -2.52. The largest absolute Gasteiger partial charge is 0.508 e. The van der Waals surface area contributed by atoms with Gasteiger partial charge in [0.1, 0.15) is 5.75 Å². The van der Waals surface area contributed by atoms with Gasteiger partial charge in [-0.05, 0) is 60.6 Å². The number of aromatic hydroxyl groups is 1. The number of carbonyl (C=O) groups is 3. The van der Waals surface area contributed by atoms with Crippen LogP contribution in [0.15, 0.2) is 18.2 Å². The Morgan fingerprint density at radius 3 is 1.97 bits per heavy atom. The Hall–Kier alpha value is -2.61. The molecule has 0 spiro atoms. The van der Waals surface area contributed by atoms with E-state index >= 15 is 0 Å². The van der Waals surface area contributed by atoms with E-state index in [9.17, 15) is 24.6 Å². The van der Waals surface area contributed by atoms with Crippen molar-refractivity contribution in [2.24, 2.45) is 33.8 Å². The van der Waals surface area contributed by atoms with Crippen molar-refractivity contribution >= 4 is 17.8 Å². The molecule has 0 saturated heterocycles.